The van der Waals surface area contributed by atoms with E-state index in [2.05, 4.69) is 10.6 Å². The highest BCUT2D eigenvalue weighted by molar-refractivity contribution is 6.30. The monoisotopic (exact) mass is 474 g/mol. The van der Waals surface area contributed by atoms with Gasteiger partial charge in [0.1, 0.15) is 11.6 Å². The van der Waals surface area contributed by atoms with Gasteiger partial charge < -0.3 is 20.5 Å². The summed E-state index contributed by atoms with van der Waals surface area (Å²) in [5.41, 5.74) is 0.751. The van der Waals surface area contributed by atoms with Crippen molar-refractivity contribution in [3.8, 4) is 5.75 Å². The van der Waals surface area contributed by atoms with Crippen molar-refractivity contribution in [2.45, 2.75) is 57.2 Å². The Morgan fingerprint density at radius 2 is 1.94 bits per heavy atom. The Kier molecular flexibility index (Phi) is 6.64. The first-order valence-electron chi connectivity index (χ1n) is 11.1. The average Bonchev–Trinajstić information content (AvgIpc) is 2.79. The van der Waals surface area contributed by atoms with Crippen molar-refractivity contribution in [3.05, 3.63) is 64.4 Å². The van der Waals surface area contributed by atoms with Crippen LogP contribution in [-0.4, -0.2) is 35.2 Å². The largest absolute Gasteiger partial charge is 0.484 e. The Morgan fingerprint density at radius 1 is 1.18 bits per heavy atom. The summed E-state index contributed by atoms with van der Waals surface area (Å²) in [7, 11) is 0. The Bertz CT molecular complexity index is 1050. The fourth-order valence-electron chi connectivity index (χ4n) is 5.06. The first-order valence-corrected chi connectivity index (χ1v) is 11.5. The second kappa shape index (κ2) is 9.31. The van der Waals surface area contributed by atoms with E-state index >= 15 is 0 Å². The highest BCUT2D eigenvalue weighted by Gasteiger charge is 2.58. The van der Waals surface area contributed by atoms with Crippen molar-refractivity contribution >= 4 is 23.4 Å². The van der Waals surface area contributed by atoms with Crippen LogP contribution >= 0.6 is 11.6 Å². The molecule has 0 heterocycles. The van der Waals surface area contributed by atoms with E-state index in [1.807, 2.05) is 31.2 Å². The predicted molar refractivity (Wildman–Crippen MR) is 122 cm³/mol. The van der Waals surface area contributed by atoms with Gasteiger partial charge in [-0.2, -0.15) is 0 Å². The normalized spacial score (nSPS) is 26.0. The molecule has 8 heteroatoms. The van der Waals surface area contributed by atoms with Crippen LogP contribution in [0.3, 0.4) is 0 Å². The Hall–Kier alpha value is -2.64. The smallest absolute Gasteiger partial charge is 0.258 e. The van der Waals surface area contributed by atoms with E-state index in [1.165, 1.54) is 12.1 Å². The van der Waals surface area contributed by atoms with Crippen LogP contribution in [0.4, 0.5) is 4.39 Å². The first kappa shape index (κ1) is 23.5. The number of amides is 2. The summed E-state index contributed by atoms with van der Waals surface area (Å²) >= 11 is 5.66. The van der Waals surface area contributed by atoms with Gasteiger partial charge >= 0.3 is 0 Å². The van der Waals surface area contributed by atoms with Crippen molar-refractivity contribution in [3.63, 3.8) is 0 Å². The van der Waals surface area contributed by atoms with Gasteiger partial charge in [-0.05, 0) is 56.7 Å². The van der Waals surface area contributed by atoms with Gasteiger partial charge in [0.15, 0.2) is 6.61 Å². The molecular weight excluding hydrogens is 447 g/mol. The standard InChI is InChI=1S/C25H28ClFN2O4/c1-16-3-2-4-17(11-16)14-28-23(32)25-9-7-24(8-10-25,13-21(25)30)29-22(31)15-33-18-5-6-19(26)20(27)12-18/h2-6,11-12,21,30H,7-10,13-15H2,1H3,(H,28,32)(H,29,31). The van der Waals surface area contributed by atoms with E-state index in [0.29, 0.717) is 38.6 Å². The van der Waals surface area contributed by atoms with Crippen LogP contribution in [0.1, 0.15) is 43.2 Å². The predicted octanol–water partition coefficient (Wildman–Crippen LogP) is 3.66. The zero-order valence-corrected chi connectivity index (χ0v) is 19.3. The number of fused-ring (bicyclic) bond motifs is 3. The second-order valence-electron chi connectivity index (χ2n) is 9.24. The molecule has 5 rings (SSSR count). The minimum absolute atomic E-state index is 0.0181. The van der Waals surface area contributed by atoms with E-state index in [1.54, 1.807) is 0 Å². The van der Waals surface area contributed by atoms with Gasteiger partial charge in [-0.3, -0.25) is 9.59 Å². The van der Waals surface area contributed by atoms with Crippen LogP contribution in [0, 0.1) is 18.2 Å². The molecule has 0 aromatic heterocycles. The molecule has 3 aliphatic rings. The molecule has 0 spiro atoms. The minimum Gasteiger partial charge on any atom is -0.484 e. The van der Waals surface area contributed by atoms with Gasteiger partial charge in [-0.25, -0.2) is 4.39 Å². The Balaban J connectivity index is 1.32. The molecular formula is C25H28ClFN2O4. The number of ether oxygens (including phenoxy) is 1. The fraction of sp³-hybridized carbons (Fsp3) is 0.440. The fourth-order valence-corrected chi connectivity index (χ4v) is 5.18. The number of carbonyl (C=O) groups excluding carboxylic acids is 2. The third-order valence-electron chi connectivity index (χ3n) is 6.97. The topological polar surface area (TPSA) is 87.7 Å². The van der Waals surface area contributed by atoms with Crippen molar-refractivity contribution in [2.75, 3.05) is 6.61 Å². The maximum atomic E-state index is 13.5. The SMILES string of the molecule is Cc1cccc(CNC(=O)C23CCC(NC(=O)COc4ccc(Cl)c(F)c4)(CC2)CC3O)c1. The molecule has 3 aliphatic carbocycles. The highest BCUT2D eigenvalue weighted by Crippen LogP contribution is 2.52. The Morgan fingerprint density at radius 3 is 2.61 bits per heavy atom. The molecule has 0 radical (unpaired) electrons. The molecule has 0 aliphatic heterocycles. The summed E-state index contributed by atoms with van der Waals surface area (Å²) in [4.78, 5) is 25.6. The second-order valence-corrected chi connectivity index (χ2v) is 9.65. The third-order valence-corrected chi connectivity index (χ3v) is 7.28. The molecule has 0 saturated heterocycles. The maximum absolute atomic E-state index is 13.5. The Labute approximate surface area is 197 Å². The lowest BCUT2D eigenvalue weighted by atomic mass is 9.55. The van der Waals surface area contributed by atoms with E-state index < -0.39 is 22.9 Å². The molecule has 2 aromatic carbocycles. The van der Waals surface area contributed by atoms with E-state index in [0.717, 1.165) is 17.2 Å². The molecule has 2 amide bonds. The van der Waals surface area contributed by atoms with Crippen molar-refractivity contribution in [1.29, 1.82) is 0 Å². The highest BCUT2D eigenvalue weighted by atomic mass is 35.5. The molecule has 2 aromatic rings. The van der Waals surface area contributed by atoms with Gasteiger partial charge in [-0.15, -0.1) is 0 Å². The van der Waals surface area contributed by atoms with Crippen LogP contribution in [0.15, 0.2) is 42.5 Å². The molecule has 3 saturated carbocycles. The quantitative estimate of drug-likeness (QED) is 0.571. The van der Waals surface area contributed by atoms with E-state index in [9.17, 15) is 19.1 Å². The molecule has 1 atom stereocenters. The lowest BCUT2D eigenvalue weighted by Gasteiger charge is -2.55. The van der Waals surface area contributed by atoms with Crippen LogP contribution in [0.2, 0.25) is 5.02 Å². The number of hydrogen-bond donors (Lipinski definition) is 3. The zero-order valence-electron chi connectivity index (χ0n) is 18.5. The van der Waals surface area contributed by atoms with E-state index in [-0.39, 0.29) is 29.2 Å². The molecule has 1 unspecified atom stereocenters. The summed E-state index contributed by atoms with van der Waals surface area (Å²) in [6.45, 7) is 2.14. The molecule has 6 nitrogen and oxygen atoms in total. The van der Waals surface area contributed by atoms with Gasteiger partial charge in [-0.1, -0.05) is 41.4 Å². The molecule has 33 heavy (non-hydrogen) atoms. The van der Waals surface area contributed by atoms with Gasteiger partial charge in [0.25, 0.3) is 5.91 Å². The van der Waals surface area contributed by atoms with Gasteiger partial charge in [0.05, 0.1) is 16.5 Å². The minimum atomic E-state index is -0.843. The number of rotatable bonds is 7. The number of carbonyl (C=O) groups is 2. The van der Waals surface area contributed by atoms with Crippen molar-refractivity contribution in [2.24, 2.45) is 5.41 Å². The van der Waals surface area contributed by atoms with Gasteiger partial charge in [0.2, 0.25) is 5.91 Å². The van der Waals surface area contributed by atoms with Crippen LogP contribution < -0.4 is 15.4 Å². The lowest BCUT2D eigenvalue weighted by molar-refractivity contribution is -0.156. The van der Waals surface area contributed by atoms with Crippen molar-refractivity contribution < 1.29 is 23.8 Å². The summed E-state index contributed by atoms with van der Waals surface area (Å²) in [6.07, 6.45) is 1.66. The number of aryl methyl sites for hydroxylation is 1. The summed E-state index contributed by atoms with van der Waals surface area (Å²) < 4.78 is 18.9. The number of aliphatic hydroxyl groups is 1. The summed E-state index contributed by atoms with van der Waals surface area (Å²) in [5, 5.41) is 16.9. The maximum Gasteiger partial charge on any atom is 0.258 e. The molecule has 3 N–H and O–H groups in total. The number of halogens is 2. The van der Waals surface area contributed by atoms with Crippen molar-refractivity contribution in [1.82, 2.24) is 10.6 Å². The van der Waals surface area contributed by atoms with Gasteiger partial charge in [0, 0.05) is 18.2 Å². The lowest BCUT2D eigenvalue weighted by Crippen LogP contribution is -2.65. The average molecular weight is 475 g/mol. The summed E-state index contributed by atoms with van der Waals surface area (Å²) in [6, 6.07) is 11.9. The number of nitrogens with one attached hydrogen (secondary N) is 2. The molecule has 3 fully saturated rings. The first-order chi connectivity index (χ1) is 15.7. The van der Waals surface area contributed by atoms with Crippen LogP contribution in [-0.2, 0) is 16.1 Å². The third kappa shape index (κ3) is 4.99. The summed E-state index contributed by atoms with van der Waals surface area (Å²) in [5.74, 6) is -0.894. The van der Waals surface area contributed by atoms with E-state index in [4.69, 9.17) is 16.3 Å². The van der Waals surface area contributed by atoms with Crippen LogP contribution in [0.5, 0.6) is 5.75 Å². The molecule has 2 bridgehead atoms. The number of benzene rings is 2. The number of aliphatic hydroxyl groups excluding tert-OH is 1. The molecule has 176 valence electrons. The zero-order chi connectivity index (χ0) is 23.6. The van der Waals surface area contributed by atoms with Crippen LogP contribution in [0.25, 0.3) is 0 Å². The number of hydrogen-bond acceptors (Lipinski definition) is 4.